The van der Waals surface area contributed by atoms with Crippen molar-refractivity contribution in [3.8, 4) is 0 Å². The standard InChI is InChI=1S/C17H15NO3/c19-11-13-5-3-4-12(8-13)10-18-17(20)16-9-14-6-1-2-7-15(14)21-16/h1-9,19H,10-11H2,(H,18,20). The molecule has 0 spiro atoms. The Morgan fingerprint density at radius 2 is 1.86 bits per heavy atom. The van der Waals surface area contributed by atoms with Crippen molar-refractivity contribution >= 4 is 16.9 Å². The van der Waals surface area contributed by atoms with E-state index < -0.39 is 0 Å². The lowest BCUT2D eigenvalue weighted by atomic mass is 10.1. The van der Waals surface area contributed by atoms with Crippen LogP contribution in [0.15, 0.2) is 59.0 Å². The van der Waals surface area contributed by atoms with Gasteiger partial charge in [-0.2, -0.15) is 0 Å². The molecule has 0 bridgehead atoms. The van der Waals surface area contributed by atoms with Gasteiger partial charge in [-0.3, -0.25) is 4.79 Å². The Kier molecular flexibility index (Phi) is 3.71. The lowest BCUT2D eigenvalue weighted by molar-refractivity contribution is 0.0925. The second kappa shape index (κ2) is 5.81. The fourth-order valence-electron chi connectivity index (χ4n) is 2.20. The smallest absolute Gasteiger partial charge is 0.287 e. The third-order valence-electron chi connectivity index (χ3n) is 3.28. The fourth-order valence-corrected chi connectivity index (χ4v) is 2.20. The highest BCUT2D eigenvalue weighted by molar-refractivity contribution is 5.95. The van der Waals surface area contributed by atoms with Crippen LogP contribution in [0.25, 0.3) is 11.0 Å². The summed E-state index contributed by atoms with van der Waals surface area (Å²) in [4.78, 5) is 12.1. The largest absolute Gasteiger partial charge is 0.451 e. The Morgan fingerprint density at radius 1 is 1.05 bits per heavy atom. The van der Waals surface area contributed by atoms with Crippen molar-refractivity contribution in [1.29, 1.82) is 0 Å². The molecule has 3 rings (SSSR count). The van der Waals surface area contributed by atoms with Gasteiger partial charge in [0.25, 0.3) is 5.91 Å². The van der Waals surface area contributed by atoms with Crippen LogP contribution in [-0.2, 0) is 13.2 Å². The molecule has 21 heavy (non-hydrogen) atoms. The van der Waals surface area contributed by atoms with E-state index in [1.807, 2.05) is 48.5 Å². The van der Waals surface area contributed by atoms with Crippen LogP contribution in [0.2, 0.25) is 0 Å². The van der Waals surface area contributed by atoms with E-state index in [1.54, 1.807) is 6.07 Å². The first-order valence-corrected chi connectivity index (χ1v) is 6.72. The van der Waals surface area contributed by atoms with Crippen LogP contribution in [0.3, 0.4) is 0 Å². The molecule has 1 amide bonds. The molecule has 1 heterocycles. The number of furan rings is 1. The minimum Gasteiger partial charge on any atom is -0.451 e. The minimum absolute atomic E-state index is 0.00857. The summed E-state index contributed by atoms with van der Waals surface area (Å²) in [6.07, 6.45) is 0. The second-order valence-electron chi connectivity index (χ2n) is 4.81. The van der Waals surface area contributed by atoms with Crippen molar-refractivity contribution in [3.05, 3.63) is 71.5 Å². The van der Waals surface area contributed by atoms with Crippen LogP contribution in [0.4, 0.5) is 0 Å². The average Bonchev–Trinajstić information content (AvgIpc) is 2.97. The van der Waals surface area contributed by atoms with Gasteiger partial charge in [0, 0.05) is 11.9 Å². The Bertz CT molecular complexity index is 743. The zero-order valence-corrected chi connectivity index (χ0v) is 11.4. The highest BCUT2D eigenvalue weighted by Crippen LogP contribution is 2.18. The number of amides is 1. The zero-order valence-electron chi connectivity index (χ0n) is 11.4. The summed E-state index contributed by atoms with van der Waals surface area (Å²) in [5.74, 6) is 0.0510. The number of rotatable bonds is 4. The molecule has 0 saturated carbocycles. The van der Waals surface area contributed by atoms with Crippen molar-refractivity contribution < 1.29 is 14.3 Å². The highest BCUT2D eigenvalue weighted by atomic mass is 16.3. The van der Waals surface area contributed by atoms with Gasteiger partial charge in [-0.05, 0) is 23.3 Å². The predicted octanol–water partition coefficient (Wildman–Crippen LogP) is 2.86. The van der Waals surface area contributed by atoms with Gasteiger partial charge < -0.3 is 14.8 Å². The number of fused-ring (bicyclic) bond motifs is 1. The predicted molar refractivity (Wildman–Crippen MR) is 79.7 cm³/mol. The highest BCUT2D eigenvalue weighted by Gasteiger charge is 2.11. The summed E-state index contributed by atoms with van der Waals surface area (Å²) in [7, 11) is 0. The molecule has 0 aliphatic heterocycles. The zero-order chi connectivity index (χ0) is 14.7. The molecule has 4 heteroatoms. The normalized spacial score (nSPS) is 10.7. The Morgan fingerprint density at radius 3 is 2.67 bits per heavy atom. The number of carbonyl (C=O) groups excluding carboxylic acids is 1. The Balaban J connectivity index is 1.71. The van der Waals surface area contributed by atoms with Gasteiger partial charge in [-0.1, -0.05) is 42.5 Å². The number of carbonyl (C=O) groups is 1. The molecule has 2 N–H and O–H groups in total. The van der Waals surface area contributed by atoms with Gasteiger partial charge in [0.15, 0.2) is 5.76 Å². The number of para-hydroxylation sites is 1. The van der Waals surface area contributed by atoms with E-state index in [4.69, 9.17) is 9.52 Å². The summed E-state index contributed by atoms with van der Waals surface area (Å²) in [5.41, 5.74) is 2.46. The van der Waals surface area contributed by atoms with Crippen molar-refractivity contribution in [2.24, 2.45) is 0 Å². The first kappa shape index (κ1) is 13.4. The molecule has 0 aliphatic carbocycles. The van der Waals surface area contributed by atoms with Crippen LogP contribution in [0.5, 0.6) is 0 Å². The molecule has 0 atom stereocenters. The van der Waals surface area contributed by atoms with E-state index in [-0.39, 0.29) is 12.5 Å². The monoisotopic (exact) mass is 281 g/mol. The molecular formula is C17H15NO3. The maximum Gasteiger partial charge on any atom is 0.287 e. The van der Waals surface area contributed by atoms with Crippen molar-refractivity contribution in [2.75, 3.05) is 0 Å². The molecule has 0 aliphatic rings. The van der Waals surface area contributed by atoms with Crippen molar-refractivity contribution in [1.82, 2.24) is 5.32 Å². The topological polar surface area (TPSA) is 62.5 Å². The summed E-state index contributed by atoms with van der Waals surface area (Å²) in [6.45, 7) is 0.384. The SMILES string of the molecule is O=C(NCc1cccc(CO)c1)c1cc2ccccc2o1. The molecule has 0 radical (unpaired) electrons. The third kappa shape index (κ3) is 2.95. The van der Waals surface area contributed by atoms with E-state index in [2.05, 4.69) is 5.32 Å². The molecule has 0 fully saturated rings. The fraction of sp³-hybridized carbons (Fsp3) is 0.118. The van der Waals surface area contributed by atoms with Gasteiger partial charge in [0.1, 0.15) is 5.58 Å². The lowest BCUT2D eigenvalue weighted by Gasteiger charge is -2.05. The van der Waals surface area contributed by atoms with E-state index in [9.17, 15) is 4.79 Å². The molecule has 3 aromatic rings. The summed E-state index contributed by atoms with van der Waals surface area (Å²) in [6, 6.07) is 16.7. The number of aliphatic hydroxyl groups is 1. The van der Waals surface area contributed by atoms with Crippen LogP contribution in [-0.4, -0.2) is 11.0 Å². The molecule has 4 nitrogen and oxygen atoms in total. The summed E-state index contributed by atoms with van der Waals surface area (Å²) in [5, 5.41) is 12.8. The third-order valence-corrected chi connectivity index (χ3v) is 3.28. The molecule has 0 saturated heterocycles. The van der Waals surface area contributed by atoms with Crippen molar-refractivity contribution in [3.63, 3.8) is 0 Å². The van der Waals surface area contributed by atoms with E-state index >= 15 is 0 Å². The van der Waals surface area contributed by atoms with Gasteiger partial charge in [-0.15, -0.1) is 0 Å². The van der Waals surface area contributed by atoms with Crippen LogP contribution in [0, 0.1) is 0 Å². The summed E-state index contributed by atoms with van der Waals surface area (Å²) >= 11 is 0. The van der Waals surface area contributed by atoms with E-state index in [0.29, 0.717) is 17.9 Å². The molecule has 106 valence electrons. The lowest BCUT2D eigenvalue weighted by Crippen LogP contribution is -2.22. The van der Waals surface area contributed by atoms with Gasteiger partial charge >= 0.3 is 0 Å². The molecule has 2 aromatic carbocycles. The van der Waals surface area contributed by atoms with E-state index in [1.165, 1.54) is 0 Å². The molecular weight excluding hydrogens is 266 g/mol. The number of hydrogen-bond acceptors (Lipinski definition) is 3. The quantitative estimate of drug-likeness (QED) is 0.773. The number of hydrogen-bond donors (Lipinski definition) is 2. The van der Waals surface area contributed by atoms with Crippen LogP contribution in [0.1, 0.15) is 21.7 Å². The average molecular weight is 281 g/mol. The molecule has 0 unspecified atom stereocenters. The number of nitrogens with one attached hydrogen (secondary N) is 1. The minimum atomic E-state index is -0.249. The van der Waals surface area contributed by atoms with Crippen LogP contribution < -0.4 is 5.32 Å². The first-order valence-electron chi connectivity index (χ1n) is 6.72. The maximum absolute atomic E-state index is 12.1. The van der Waals surface area contributed by atoms with Crippen molar-refractivity contribution in [2.45, 2.75) is 13.2 Å². The van der Waals surface area contributed by atoms with Gasteiger partial charge in [0.05, 0.1) is 6.61 Å². The number of benzene rings is 2. The maximum atomic E-state index is 12.1. The number of aliphatic hydroxyl groups excluding tert-OH is 1. The summed E-state index contributed by atoms with van der Waals surface area (Å²) < 4.78 is 5.51. The van der Waals surface area contributed by atoms with Gasteiger partial charge in [0.2, 0.25) is 0 Å². The molecule has 1 aromatic heterocycles. The first-order chi connectivity index (χ1) is 10.3. The van der Waals surface area contributed by atoms with Crippen LogP contribution >= 0.6 is 0 Å². The Labute approximate surface area is 122 Å². The Hall–Kier alpha value is -2.59. The second-order valence-corrected chi connectivity index (χ2v) is 4.81. The van der Waals surface area contributed by atoms with E-state index in [0.717, 1.165) is 16.5 Å². The van der Waals surface area contributed by atoms with Gasteiger partial charge in [-0.25, -0.2) is 0 Å².